The van der Waals surface area contributed by atoms with Crippen molar-refractivity contribution < 1.29 is 9.15 Å². The van der Waals surface area contributed by atoms with Gasteiger partial charge in [0.25, 0.3) is 0 Å². The van der Waals surface area contributed by atoms with Gasteiger partial charge < -0.3 is 9.15 Å². The second kappa shape index (κ2) is 5.16. The maximum atomic E-state index is 11.1. The molecule has 0 amide bonds. The Labute approximate surface area is 99.0 Å². The number of hydrogen-bond donors (Lipinski definition) is 0. The summed E-state index contributed by atoms with van der Waals surface area (Å²) in [5.41, 5.74) is 0.947. The Bertz CT molecular complexity index is 565. The molecule has 1 aromatic heterocycles. The summed E-state index contributed by atoms with van der Waals surface area (Å²) in [5, 5.41) is 0. The van der Waals surface area contributed by atoms with E-state index in [-0.39, 0.29) is 5.43 Å². The lowest BCUT2D eigenvalue weighted by Crippen LogP contribution is -1.94. The molecule has 0 atom stereocenters. The van der Waals surface area contributed by atoms with E-state index in [0.29, 0.717) is 5.76 Å². The minimum Gasteiger partial charge on any atom is -0.497 e. The highest BCUT2D eigenvalue weighted by molar-refractivity contribution is 5.67. The van der Waals surface area contributed by atoms with Crippen LogP contribution < -0.4 is 10.2 Å². The van der Waals surface area contributed by atoms with Crippen LogP contribution in [0.25, 0.3) is 12.2 Å². The quantitative estimate of drug-likeness (QED) is 0.810. The Balaban J connectivity index is 2.17. The lowest BCUT2D eigenvalue weighted by molar-refractivity contribution is 0.415. The second-order valence-corrected chi connectivity index (χ2v) is 3.48. The largest absolute Gasteiger partial charge is 0.497 e. The van der Waals surface area contributed by atoms with Gasteiger partial charge in [-0.3, -0.25) is 4.79 Å². The predicted octanol–water partition coefficient (Wildman–Crippen LogP) is 2.82. The van der Waals surface area contributed by atoms with Gasteiger partial charge in [0, 0.05) is 12.1 Å². The molecule has 0 unspecified atom stereocenters. The molecule has 0 aliphatic carbocycles. The molecule has 1 heterocycles. The Morgan fingerprint density at radius 1 is 1.12 bits per heavy atom. The van der Waals surface area contributed by atoms with E-state index in [1.54, 1.807) is 13.2 Å². The summed E-state index contributed by atoms with van der Waals surface area (Å²) in [6, 6.07) is 10.4. The van der Waals surface area contributed by atoms with Gasteiger partial charge in [-0.1, -0.05) is 18.2 Å². The summed E-state index contributed by atoms with van der Waals surface area (Å²) in [4.78, 5) is 11.1. The summed E-state index contributed by atoms with van der Waals surface area (Å²) in [7, 11) is 1.63. The fourth-order valence-corrected chi connectivity index (χ4v) is 1.38. The van der Waals surface area contributed by atoms with Gasteiger partial charge in [0.05, 0.1) is 13.4 Å². The first-order chi connectivity index (χ1) is 8.28. The topological polar surface area (TPSA) is 39.4 Å². The summed E-state index contributed by atoms with van der Waals surface area (Å²) in [6.07, 6.45) is 5.01. The van der Waals surface area contributed by atoms with Crippen LogP contribution in [-0.4, -0.2) is 7.11 Å². The monoisotopic (exact) mass is 228 g/mol. The van der Waals surface area contributed by atoms with Crippen LogP contribution in [0.3, 0.4) is 0 Å². The van der Waals surface area contributed by atoms with Crippen molar-refractivity contribution in [2.75, 3.05) is 7.11 Å². The highest BCUT2D eigenvalue weighted by Gasteiger charge is 1.92. The maximum Gasteiger partial charge on any atom is 0.185 e. The third-order valence-electron chi connectivity index (χ3n) is 2.28. The zero-order chi connectivity index (χ0) is 12.1. The molecule has 86 valence electrons. The van der Waals surface area contributed by atoms with Crippen molar-refractivity contribution in [2.24, 2.45) is 0 Å². The molecule has 0 bridgehead atoms. The van der Waals surface area contributed by atoms with Gasteiger partial charge in [-0.15, -0.1) is 0 Å². The number of benzene rings is 1. The summed E-state index contributed by atoms with van der Waals surface area (Å²) in [5.74, 6) is 1.35. The molecule has 2 rings (SSSR count). The highest BCUT2D eigenvalue weighted by atomic mass is 16.5. The third kappa shape index (κ3) is 3.08. The lowest BCUT2D eigenvalue weighted by atomic mass is 10.2. The fourth-order valence-electron chi connectivity index (χ4n) is 1.38. The first-order valence-electron chi connectivity index (χ1n) is 5.19. The van der Waals surface area contributed by atoms with Crippen LogP contribution in [0.2, 0.25) is 0 Å². The average Bonchev–Trinajstić information content (AvgIpc) is 2.37. The molecule has 0 aliphatic heterocycles. The van der Waals surface area contributed by atoms with Gasteiger partial charge in [-0.05, 0) is 23.8 Å². The lowest BCUT2D eigenvalue weighted by Gasteiger charge is -1.98. The Morgan fingerprint density at radius 3 is 2.53 bits per heavy atom. The normalized spacial score (nSPS) is 10.6. The SMILES string of the molecule is COc1ccc(/C=C/c2cc(=O)cco2)cc1. The van der Waals surface area contributed by atoms with Crippen molar-refractivity contribution in [3.8, 4) is 5.75 Å². The molecule has 0 N–H and O–H groups in total. The van der Waals surface area contributed by atoms with E-state index in [2.05, 4.69) is 0 Å². The van der Waals surface area contributed by atoms with Crippen molar-refractivity contribution in [1.29, 1.82) is 0 Å². The van der Waals surface area contributed by atoms with Gasteiger partial charge in [0.15, 0.2) is 5.43 Å². The Kier molecular flexibility index (Phi) is 3.40. The summed E-state index contributed by atoms with van der Waals surface area (Å²) in [6.45, 7) is 0. The minimum absolute atomic E-state index is 0.0642. The molecular weight excluding hydrogens is 216 g/mol. The fraction of sp³-hybridized carbons (Fsp3) is 0.0714. The molecule has 0 radical (unpaired) electrons. The van der Waals surface area contributed by atoms with Gasteiger partial charge in [0.1, 0.15) is 11.5 Å². The zero-order valence-corrected chi connectivity index (χ0v) is 9.42. The van der Waals surface area contributed by atoms with E-state index >= 15 is 0 Å². The molecule has 0 fully saturated rings. The van der Waals surface area contributed by atoms with E-state index < -0.39 is 0 Å². The summed E-state index contributed by atoms with van der Waals surface area (Å²) < 4.78 is 10.2. The molecule has 0 saturated carbocycles. The molecule has 0 saturated heterocycles. The van der Waals surface area contributed by atoms with Gasteiger partial charge in [0.2, 0.25) is 0 Å². The molecule has 17 heavy (non-hydrogen) atoms. The Hall–Kier alpha value is -2.29. The van der Waals surface area contributed by atoms with Crippen molar-refractivity contribution in [3.05, 3.63) is 64.2 Å². The number of methoxy groups -OCH3 is 1. The van der Waals surface area contributed by atoms with E-state index in [4.69, 9.17) is 9.15 Å². The van der Waals surface area contributed by atoms with E-state index in [0.717, 1.165) is 11.3 Å². The molecule has 3 nitrogen and oxygen atoms in total. The number of ether oxygens (including phenoxy) is 1. The number of hydrogen-bond acceptors (Lipinski definition) is 3. The second-order valence-electron chi connectivity index (χ2n) is 3.48. The molecule has 3 heteroatoms. The summed E-state index contributed by atoms with van der Waals surface area (Å²) >= 11 is 0. The maximum absolute atomic E-state index is 11.1. The van der Waals surface area contributed by atoms with Gasteiger partial charge in [-0.2, -0.15) is 0 Å². The predicted molar refractivity (Wildman–Crippen MR) is 66.9 cm³/mol. The standard InChI is InChI=1S/C14H12O3/c1-16-13-5-2-11(3-6-13)4-7-14-10-12(15)8-9-17-14/h2-10H,1H3/b7-4+. The van der Waals surface area contributed by atoms with Crippen molar-refractivity contribution in [1.82, 2.24) is 0 Å². The minimum atomic E-state index is -0.0642. The third-order valence-corrected chi connectivity index (χ3v) is 2.28. The van der Waals surface area contributed by atoms with Crippen LogP contribution >= 0.6 is 0 Å². The van der Waals surface area contributed by atoms with Gasteiger partial charge >= 0.3 is 0 Å². The van der Waals surface area contributed by atoms with Crippen molar-refractivity contribution in [2.45, 2.75) is 0 Å². The first kappa shape index (κ1) is 11.2. The average molecular weight is 228 g/mol. The zero-order valence-electron chi connectivity index (χ0n) is 9.42. The van der Waals surface area contributed by atoms with Crippen molar-refractivity contribution in [3.63, 3.8) is 0 Å². The van der Waals surface area contributed by atoms with Crippen LogP contribution in [0.1, 0.15) is 11.3 Å². The molecule has 0 spiro atoms. The Morgan fingerprint density at radius 2 is 1.88 bits per heavy atom. The van der Waals surface area contributed by atoms with Gasteiger partial charge in [-0.25, -0.2) is 0 Å². The van der Waals surface area contributed by atoms with E-state index in [1.807, 2.05) is 30.3 Å². The number of rotatable bonds is 3. The molecular formula is C14H12O3. The molecule has 0 aliphatic rings. The van der Waals surface area contributed by atoms with Crippen LogP contribution in [-0.2, 0) is 0 Å². The smallest absolute Gasteiger partial charge is 0.185 e. The van der Waals surface area contributed by atoms with Crippen molar-refractivity contribution >= 4 is 12.2 Å². The molecule has 1 aromatic carbocycles. The van der Waals surface area contributed by atoms with E-state index in [9.17, 15) is 4.79 Å². The molecule has 2 aromatic rings. The van der Waals surface area contributed by atoms with Crippen LogP contribution in [0.4, 0.5) is 0 Å². The highest BCUT2D eigenvalue weighted by Crippen LogP contribution is 2.13. The van der Waals surface area contributed by atoms with Crippen LogP contribution in [0, 0.1) is 0 Å². The first-order valence-corrected chi connectivity index (χ1v) is 5.19. The van der Waals surface area contributed by atoms with Crippen LogP contribution in [0.15, 0.2) is 51.9 Å². The van der Waals surface area contributed by atoms with E-state index in [1.165, 1.54) is 18.4 Å². The van der Waals surface area contributed by atoms with Crippen LogP contribution in [0.5, 0.6) is 5.75 Å².